The fourth-order valence-electron chi connectivity index (χ4n) is 4.63. The number of anilines is 1. The predicted molar refractivity (Wildman–Crippen MR) is 134 cm³/mol. The molecule has 2 amide bonds. The number of piperidine rings is 1. The topological polar surface area (TPSA) is 66.0 Å². The van der Waals surface area contributed by atoms with Gasteiger partial charge in [-0.3, -0.25) is 9.59 Å². The number of hydrogen-bond acceptors (Lipinski definition) is 6. The second-order valence-corrected chi connectivity index (χ2v) is 10.1. The van der Waals surface area contributed by atoms with Crippen molar-refractivity contribution in [2.75, 3.05) is 38.1 Å². The summed E-state index contributed by atoms with van der Waals surface area (Å²) in [5.41, 5.74) is 1.80. The Labute approximate surface area is 203 Å². The average Bonchev–Trinajstić information content (AvgIpc) is 3.32. The van der Waals surface area contributed by atoms with E-state index in [-0.39, 0.29) is 24.4 Å². The Morgan fingerprint density at radius 1 is 1.12 bits per heavy atom. The molecule has 178 valence electrons. The van der Waals surface area contributed by atoms with Gasteiger partial charge in [-0.15, -0.1) is 11.3 Å². The quantitative estimate of drug-likeness (QED) is 0.553. The van der Waals surface area contributed by atoms with Gasteiger partial charge in [0.15, 0.2) is 6.10 Å². The molecule has 1 aromatic heterocycles. The van der Waals surface area contributed by atoms with Crippen LogP contribution in [0.25, 0.3) is 10.2 Å². The summed E-state index contributed by atoms with van der Waals surface area (Å²) >= 11 is 1.62. The summed E-state index contributed by atoms with van der Waals surface area (Å²) in [7, 11) is 1.82. The molecule has 0 bridgehead atoms. The number of benzene rings is 2. The van der Waals surface area contributed by atoms with Crippen LogP contribution in [0.1, 0.15) is 37.2 Å². The first-order chi connectivity index (χ1) is 16.5. The molecular formula is C26H30N4O3S. The van der Waals surface area contributed by atoms with Crippen LogP contribution in [0, 0.1) is 0 Å². The second kappa shape index (κ2) is 9.62. The third-order valence-electron chi connectivity index (χ3n) is 6.77. The highest BCUT2D eigenvalue weighted by atomic mass is 32.1. The first-order valence-corrected chi connectivity index (χ1v) is 12.7. The highest BCUT2D eigenvalue weighted by molar-refractivity contribution is 7.18. The van der Waals surface area contributed by atoms with Crippen molar-refractivity contribution in [1.82, 2.24) is 14.8 Å². The van der Waals surface area contributed by atoms with Crippen molar-refractivity contribution in [2.45, 2.75) is 38.3 Å². The molecule has 0 N–H and O–H groups in total. The number of likely N-dealkylation sites (N-methyl/N-ethyl adjacent to an activating group) is 1. The van der Waals surface area contributed by atoms with Gasteiger partial charge in [0.25, 0.3) is 5.91 Å². The molecule has 0 unspecified atom stereocenters. The van der Waals surface area contributed by atoms with E-state index in [1.807, 2.05) is 66.2 Å². The number of rotatable bonds is 5. The summed E-state index contributed by atoms with van der Waals surface area (Å²) in [6.07, 6.45) is 2.63. The van der Waals surface area contributed by atoms with Crippen molar-refractivity contribution in [3.63, 3.8) is 0 Å². The number of aromatic nitrogens is 1. The molecule has 3 heterocycles. The van der Waals surface area contributed by atoms with Crippen LogP contribution >= 0.6 is 11.3 Å². The number of carbonyl (C=O) groups is 2. The smallest absolute Gasteiger partial charge is 0.265 e. The van der Waals surface area contributed by atoms with Crippen LogP contribution < -0.4 is 9.64 Å². The number of likely N-dealkylation sites (tertiary alicyclic amines) is 1. The zero-order chi connectivity index (χ0) is 23.7. The van der Waals surface area contributed by atoms with Crippen molar-refractivity contribution >= 4 is 39.1 Å². The molecule has 1 fully saturated rings. The molecule has 2 aliphatic heterocycles. The Balaban J connectivity index is 1.32. The van der Waals surface area contributed by atoms with Crippen LogP contribution in [-0.2, 0) is 9.59 Å². The van der Waals surface area contributed by atoms with Gasteiger partial charge in [0.2, 0.25) is 5.91 Å². The van der Waals surface area contributed by atoms with E-state index in [1.54, 1.807) is 16.2 Å². The lowest BCUT2D eigenvalue weighted by molar-refractivity contribution is -0.140. The Morgan fingerprint density at radius 2 is 1.85 bits per heavy atom. The predicted octanol–water partition coefficient (Wildman–Crippen LogP) is 4.10. The molecule has 8 heteroatoms. The van der Waals surface area contributed by atoms with Crippen LogP contribution in [0.3, 0.4) is 0 Å². The van der Waals surface area contributed by atoms with E-state index < -0.39 is 6.10 Å². The van der Waals surface area contributed by atoms with Crippen molar-refractivity contribution < 1.29 is 14.3 Å². The van der Waals surface area contributed by atoms with Gasteiger partial charge < -0.3 is 19.4 Å². The summed E-state index contributed by atoms with van der Waals surface area (Å²) < 4.78 is 7.22. The molecule has 0 spiro atoms. The molecule has 0 aliphatic carbocycles. The lowest BCUT2D eigenvalue weighted by Crippen LogP contribution is -2.53. The Kier molecular flexibility index (Phi) is 6.41. The van der Waals surface area contributed by atoms with Gasteiger partial charge in [-0.1, -0.05) is 24.3 Å². The number of fused-ring (bicyclic) bond motifs is 2. The zero-order valence-electron chi connectivity index (χ0n) is 19.6. The monoisotopic (exact) mass is 478 g/mol. The van der Waals surface area contributed by atoms with Gasteiger partial charge in [0, 0.05) is 20.1 Å². The van der Waals surface area contributed by atoms with Gasteiger partial charge in [-0.25, -0.2) is 4.98 Å². The lowest BCUT2D eigenvalue weighted by atomic mass is 10.1. The SMILES string of the molecule is C[C@@H](c1nc2ccccc2s1)N(C)C(=O)CN1C[C@@H](C(=O)N2CCCCC2)Oc2ccccc21. The molecule has 0 radical (unpaired) electrons. The number of carbonyl (C=O) groups excluding carboxylic acids is 2. The Hall–Kier alpha value is -3.13. The molecule has 5 rings (SSSR count). The van der Waals surface area contributed by atoms with Crippen LogP contribution in [0.5, 0.6) is 5.75 Å². The lowest BCUT2D eigenvalue weighted by Gasteiger charge is -2.38. The molecule has 2 atom stereocenters. The fraction of sp³-hybridized carbons (Fsp3) is 0.423. The number of nitrogens with zero attached hydrogens (tertiary/aromatic N) is 4. The molecule has 34 heavy (non-hydrogen) atoms. The van der Waals surface area contributed by atoms with Gasteiger partial charge in [0.05, 0.1) is 35.0 Å². The van der Waals surface area contributed by atoms with E-state index in [1.165, 1.54) is 0 Å². The van der Waals surface area contributed by atoms with Crippen LogP contribution in [0.2, 0.25) is 0 Å². The van der Waals surface area contributed by atoms with E-state index in [2.05, 4.69) is 6.07 Å². The molecule has 7 nitrogen and oxygen atoms in total. The third-order valence-corrected chi connectivity index (χ3v) is 7.98. The summed E-state index contributed by atoms with van der Waals surface area (Å²) in [6, 6.07) is 15.5. The van der Waals surface area contributed by atoms with Crippen molar-refractivity contribution in [3.8, 4) is 5.75 Å². The van der Waals surface area contributed by atoms with Gasteiger partial charge in [0.1, 0.15) is 10.8 Å². The normalized spacial score (nSPS) is 18.8. The summed E-state index contributed by atoms with van der Waals surface area (Å²) in [6.45, 7) is 4.10. The van der Waals surface area contributed by atoms with Gasteiger partial charge in [-0.05, 0) is 50.5 Å². The summed E-state index contributed by atoms with van der Waals surface area (Å²) in [4.78, 5) is 36.9. The average molecular weight is 479 g/mol. The molecule has 2 aromatic carbocycles. The minimum Gasteiger partial charge on any atom is -0.477 e. The fourth-order valence-corrected chi connectivity index (χ4v) is 5.69. The van der Waals surface area contributed by atoms with Gasteiger partial charge >= 0.3 is 0 Å². The minimum absolute atomic E-state index is 0.0165. The van der Waals surface area contributed by atoms with E-state index in [9.17, 15) is 9.59 Å². The number of hydrogen-bond donors (Lipinski definition) is 0. The van der Waals surface area contributed by atoms with Crippen molar-refractivity contribution in [1.29, 1.82) is 0 Å². The standard InChI is InChI=1S/C26H30N4O3S/c1-18(25-27-19-10-4-7-13-23(19)34-25)28(2)24(31)17-30-16-22(26(32)29-14-8-3-9-15-29)33-21-12-6-5-11-20(21)30/h4-7,10-13,18,22H,3,8-9,14-17H2,1-2H3/t18-,22-/m0/s1. The number of thiazole rings is 1. The first-order valence-electron chi connectivity index (χ1n) is 11.9. The Bertz CT molecular complexity index is 1160. The highest BCUT2D eigenvalue weighted by Gasteiger charge is 2.35. The summed E-state index contributed by atoms with van der Waals surface area (Å²) in [5, 5.41) is 0.914. The minimum atomic E-state index is -0.604. The maximum Gasteiger partial charge on any atom is 0.265 e. The van der Waals surface area contributed by atoms with Crippen LogP contribution in [0.15, 0.2) is 48.5 Å². The zero-order valence-corrected chi connectivity index (χ0v) is 20.5. The summed E-state index contributed by atoms with van der Waals surface area (Å²) in [5.74, 6) is 0.647. The maximum absolute atomic E-state index is 13.4. The number of ether oxygens (including phenoxy) is 1. The van der Waals surface area contributed by atoms with E-state index in [4.69, 9.17) is 9.72 Å². The molecule has 3 aromatic rings. The third kappa shape index (κ3) is 4.46. The van der Waals surface area contributed by atoms with Gasteiger partial charge in [-0.2, -0.15) is 0 Å². The van der Waals surface area contributed by atoms with Crippen LogP contribution in [-0.4, -0.2) is 65.9 Å². The van der Waals surface area contributed by atoms with E-state index in [0.29, 0.717) is 12.3 Å². The highest BCUT2D eigenvalue weighted by Crippen LogP contribution is 2.34. The van der Waals surface area contributed by atoms with E-state index in [0.717, 1.165) is 53.3 Å². The largest absolute Gasteiger partial charge is 0.477 e. The van der Waals surface area contributed by atoms with E-state index >= 15 is 0 Å². The molecule has 2 aliphatic rings. The van der Waals surface area contributed by atoms with Crippen LogP contribution in [0.4, 0.5) is 5.69 Å². The number of amides is 2. The number of para-hydroxylation sites is 3. The molecular weight excluding hydrogens is 448 g/mol. The van der Waals surface area contributed by atoms with Crippen molar-refractivity contribution in [3.05, 3.63) is 53.5 Å². The molecule has 0 saturated carbocycles. The first kappa shape index (κ1) is 22.7. The Morgan fingerprint density at radius 3 is 2.65 bits per heavy atom. The second-order valence-electron chi connectivity index (χ2n) is 9.04. The molecule has 1 saturated heterocycles. The maximum atomic E-state index is 13.4. The van der Waals surface area contributed by atoms with Crippen molar-refractivity contribution in [2.24, 2.45) is 0 Å².